The quantitative estimate of drug-likeness (QED) is 0.829. The number of rotatable bonds is 3. The first-order chi connectivity index (χ1) is 12.2. The van der Waals surface area contributed by atoms with Crippen molar-refractivity contribution < 1.29 is 9.32 Å². The molecular weight excluding hydrogens is 352 g/mol. The third kappa shape index (κ3) is 3.56. The minimum atomic E-state index is -0.331. The highest BCUT2D eigenvalue weighted by Gasteiger charge is 2.29. The predicted molar refractivity (Wildman–Crippen MR) is 101 cm³/mol. The molecule has 1 atom stereocenters. The van der Waals surface area contributed by atoms with E-state index in [1.54, 1.807) is 10.6 Å². The number of fused-ring (bicyclic) bond motifs is 1. The first-order valence-corrected chi connectivity index (χ1v) is 9.70. The molecular formula is C18H24N4O3S. The molecule has 0 aliphatic carbocycles. The molecule has 0 radical (unpaired) electrons. The molecule has 1 aliphatic rings. The van der Waals surface area contributed by atoms with E-state index in [9.17, 15) is 9.59 Å². The van der Waals surface area contributed by atoms with E-state index >= 15 is 0 Å². The van der Waals surface area contributed by atoms with Crippen LogP contribution < -0.4 is 10.9 Å². The van der Waals surface area contributed by atoms with Gasteiger partial charge in [0.15, 0.2) is 5.16 Å². The van der Waals surface area contributed by atoms with Crippen LogP contribution >= 0.6 is 11.8 Å². The summed E-state index contributed by atoms with van der Waals surface area (Å²) < 4.78 is 6.84. The monoisotopic (exact) mass is 376 g/mol. The van der Waals surface area contributed by atoms with Gasteiger partial charge in [0.05, 0.1) is 11.6 Å². The SMILES string of the molecule is CCc1c(C)nc2n(c1=O)C[C@@H](C(=O)Nc1cc(C(C)(C)C)no1)CS2. The largest absolute Gasteiger partial charge is 0.338 e. The third-order valence-electron chi connectivity index (χ3n) is 4.50. The lowest BCUT2D eigenvalue weighted by Crippen LogP contribution is -2.38. The maximum absolute atomic E-state index is 12.7. The Morgan fingerprint density at radius 3 is 2.81 bits per heavy atom. The molecule has 0 saturated carbocycles. The number of anilines is 1. The average Bonchev–Trinajstić information content (AvgIpc) is 3.03. The van der Waals surface area contributed by atoms with Crippen molar-refractivity contribution in [2.24, 2.45) is 5.92 Å². The molecule has 7 nitrogen and oxygen atoms in total. The van der Waals surface area contributed by atoms with Gasteiger partial charge in [-0.2, -0.15) is 0 Å². The Morgan fingerprint density at radius 1 is 1.46 bits per heavy atom. The summed E-state index contributed by atoms with van der Waals surface area (Å²) in [6.45, 7) is 10.2. The molecule has 0 unspecified atom stereocenters. The Labute approximate surface area is 156 Å². The van der Waals surface area contributed by atoms with Gasteiger partial charge in [-0.1, -0.05) is 44.6 Å². The Kier molecular flexibility index (Phi) is 4.96. The molecule has 1 N–H and O–H groups in total. The lowest BCUT2D eigenvalue weighted by molar-refractivity contribution is -0.119. The Bertz CT molecular complexity index is 895. The molecule has 3 rings (SSSR count). The molecule has 0 spiro atoms. The lowest BCUT2D eigenvalue weighted by Gasteiger charge is -2.24. The number of aromatic nitrogens is 3. The van der Waals surface area contributed by atoms with Gasteiger partial charge < -0.3 is 4.52 Å². The normalized spacial score (nSPS) is 17.0. The van der Waals surface area contributed by atoms with E-state index in [2.05, 4.69) is 15.5 Å². The maximum Gasteiger partial charge on any atom is 0.257 e. The van der Waals surface area contributed by atoms with Gasteiger partial charge in [0.1, 0.15) is 0 Å². The first-order valence-electron chi connectivity index (χ1n) is 8.72. The Hall–Kier alpha value is -2.09. The van der Waals surface area contributed by atoms with Crippen LogP contribution in [-0.2, 0) is 23.2 Å². The van der Waals surface area contributed by atoms with Crippen LogP contribution in [0.25, 0.3) is 0 Å². The van der Waals surface area contributed by atoms with Gasteiger partial charge in [-0.15, -0.1) is 0 Å². The highest BCUT2D eigenvalue weighted by atomic mass is 32.2. The zero-order valence-electron chi connectivity index (χ0n) is 15.8. The second kappa shape index (κ2) is 6.90. The van der Waals surface area contributed by atoms with Crippen molar-refractivity contribution >= 4 is 23.6 Å². The first kappa shape index (κ1) is 18.7. The summed E-state index contributed by atoms with van der Waals surface area (Å²) in [4.78, 5) is 29.8. The molecule has 8 heteroatoms. The van der Waals surface area contributed by atoms with Crippen molar-refractivity contribution in [2.75, 3.05) is 11.1 Å². The summed E-state index contributed by atoms with van der Waals surface area (Å²) in [6.07, 6.45) is 0.632. The topological polar surface area (TPSA) is 90.0 Å². The van der Waals surface area contributed by atoms with E-state index in [0.29, 0.717) is 35.3 Å². The number of hydrogen-bond donors (Lipinski definition) is 1. The van der Waals surface area contributed by atoms with Crippen LogP contribution in [0.5, 0.6) is 0 Å². The summed E-state index contributed by atoms with van der Waals surface area (Å²) in [5.74, 6) is 0.399. The van der Waals surface area contributed by atoms with Gasteiger partial charge in [-0.05, 0) is 13.3 Å². The van der Waals surface area contributed by atoms with E-state index in [4.69, 9.17) is 4.52 Å². The minimum Gasteiger partial charge on any atom is -0.338 e. The van der Waals surface area contributed by atoms with Crippen LogP contribution in [0.1, 0.15) is 44.6 Å². The van der Waals surface area contributed by atoms with Crippen LogP contribution in [-0.4, -0.2) is 26.4 Å². The molecule has 0 saturated heterocycles. The van der Waals surface area contributed by atoms with Crippen molar-refractivity contribution in [2.45, 2.75) is 58.2 Å². The van der Waals surface area contributed by atoms with Crippen molar-refractivity contribution in [3.8, 4) is 0 Å². The smallest absolute Gasteiger partial charge is 0.257 e. The van der Waals surface area contributed by atoms with Gasteiger partial charge in [0.25, 0.3) is 5.56 Å². The van der Waals surface area contributed by atoms with Crippen LogP contribution in [0.2, 0.25) is 0 Å². The molecule has 0 aromatic carbocycles. The number of amides is 1. The zero-order valence-corrected chi connectivity index (χ0v) is 16.6. The number of nitrogens with zero attached hydrogens (tertiary/aromatic N) is 3. The van der Waals surface area contributed by atoms with Gasteiger partial charge in [-0.25, -0.2) is 4.98 Å². The van der Waals surface area contributed by atoms with Crippen LogP contribution in [0.4, 0.5) is 5.88 Å². The van der Waals surface area contributed by atoms with Crippen LogP contribution in [0, 0.1) is 12.8 Å². The number of hydrogen-bond acceptors (Lipinski definition) is 6. The standard InChI is InChI=1S/C18H24N4O3S/c1-6-12-10(2)19-17-22(16(12)24)8-11(9-26-17)15(23)20-14-7-13(21-25-14)18(3,4)5/h7,11H,6,8-9H2,1-5H3,(H,20,23)/t11-/m1/s1. The lowest BCUT2D eigenvalue weighted by atomic mass is 9.92. The fraction of sp³-hybridized carbons (Fsp3) is 0.556. The second-order valence-electron chi connectivity index (χ2n) is 7.55. The zero-order chi connectivity index (χ0) is 19.1. The Balaban J connectivity index is 1.77. The van der Waals surface area contributed by atoms with Gasteiger partial charge >= 0.3 is 0 Å². The van der Waals surface area contributed by atoms with Gasteiger partial charge in [0, 0.05) is 35.0 Å². The molecule has 140 valence electrons. The summed E-state index contributed by atoms with van der Waals surface area (Å²) >= 11 is 1.44. The maximum atomic E-state index is 12.7. The van der Waals surface area contributed by atoms with Crippen molar-refractivity contribution in [3.63, 3.8) is 0 Å². The van der Waals surface area contributed by atoms with E-state index in [1.165, 1.54) is 11.8 Å². The fourth-order valence-electron chi connectivity index (χ4n) is 2.87. The highest BCUT2D eigenvalue weighted by molar-refractivity contribution is 7.99. The van der Waals surface area contributed by atoms with Crippen molar-refractivity contribution in [1.82, 2.24) is 14.7 Å². The van der Waals surface area contributed by atoms with E-state index in [1.807, 2.05) is 34.6 Å². The second-order valence-corrected chi connectivity index (χ2v) is 8.54. The number of carbonyl (C=O) groups excluding carboxylic acids is 1. The third-order valence-corrected chi connectivity index (χ3v) is 5.64. The fourth-order valence-corrected chi connectivity index (χ4v) is 3.99. The number of carbonyl (C=O) groups is 1. The van der Waals surface area contributed by atoms with Gasteiger partial charge in [-0.3, -0.25) is 19.5 Å². The van der Waals surface area contributed by atoms with Crippen molar-refractivity contribution in [3.05, 3.63) is 33.4 Å². The molecule has 3 heterocycles. The summed E-state index contributed by atoms with van der Waals surface area (Å²) in [6, 6.07) is 1.74. The molecule has 2 aromatic heterocycles. The predicted octanol–water partition coefficient (Wildman–Crippen LogP) is 2.76. The van der Waals surface area contributed by atoms with Crippen LogP contribution in [0.3, 0.4) is 0 Å². The summed E-state index contributed by atoms with van der Waals surface area (Å²) in [5.41, 5.74) is 2.06. The average molecular weight is 376 g/mol. The van der Waals surface area contributed by atoms with E-state index in [-0.39, 0.29) is 22.8 Å². The number of aryl methyl sites for hydroxylation is 1. The minimum absolute atomic E-state index is 0.0466. The molecule has 0 fully saturated rings. The van der Waals surface area contributed by atoms with E-state index in [0.717, 1.165) is 11.4 Å². The summed E-state index contributed by atoms with van der Waals surface area (Å²) in [7, 11) is 0. The molecule has 0 bridgehead atoms. The van der Waals surface area contributed by atoms with Gasteiger partial charge in [0.2, 0.25) is 11.8 Å². The Morgan fingerprint density at radius 2 is 2.19 bits per heavy atom. The van der Waals surface area contributed by atoms with E-state index < -0.39 is 0 Å². The highest BCUT2D eigenvalue weighted by Crippen LogP contribution is 2.28. The molecule has 1 amide bonds. The van der Waals surface area contributed by atoms with Crippen molar-refractivity contribution in [1.29, 1.82) is 0 Å². The molecule has 26 heavy (non-hydrogen) atoms. The number of nitrogens with one attached hydrogen (secondary N) is 1. The summed E-state index contributed by atoms with van der Waals surface area (Å²) in [5, 5.41) is 7.47. The van der Waals surface area contributed by atoms with Crippen LogP contribution in [0.15, 0.2) is 20.5 Å². The number of thioether (sulfide) groups is 1. The molecule has 2 aromatic rings. The molecule has 1 aliphatic heterocycles.